The van der Waals surface area contributed by atoms with E-state index >= 15 is 0 Å². The molecule has 1 aliphatic heterocycles. The average molecular weight is 201 g/mol. The lowest BCUT2D eigenvalue weighted by Gasteiger charge is -2.18. The van der Waals surface area contributed by atoms with Gasteiger partial charge in [-0.15, -0.1) is 0 Å². The van der Waals surface area contributed by atoms with E-state index in [1.54, 1.807) is 0 Å². The molecule has 1 aromatic carbocycles. The number of rotatable bonds is 2. The van der Waals surface area contributed by atoms with Crippen molar-refractivity contribution in [3.05, 3.63) is 29.3 Å². The molecule has 2 rings (SSSR count). The first kappa shape index (κ1) is 10.0. The highest BCUT2D eigenvalue weighted by Gasteiger charge is 2.14. The van der Waals surface area contributed by atoms with E-state index in [1.807, 2.05) is 19.1 Å². The Kier molecular flexibility index (Phi) is 2.91. The molecular formula is C13H15NO. The minimum atomic E-state index is 0.0252. The van der Waals surface area contributed by atoms with Crippen molar-refractivity contribution in [1.82, 2.24) is 0 Å². The topological polar surface area (TPSA) is 33.0 Å². The van der Waals surface area contributed by atoms with Crippen molar-refractivity contribution in [3.8, 4) is 11.8 Å². The van der Waals surface area contributed by atoms with Gasteiger partial charge in [-0.1, -0.05) is 19.1 Å². The standard InChI is InChI=1S/C13H15NO/c1-2-10(9-14)11-5-6-13-12(8-11)4-3-7-15-13/h5-6,8,10H,2-4,7H2,1H3. The summed E-state index contributed by atoms with van der Waals surface area (Å²) in [4.78, 5) is 0. The monoisotopic (exact) mass is 201 g/mol. The molecule has 0 aliphatic carbocycles. The fourth-order valence-corrected chi connectivity index (χ4v) is 2.00. The molecule has 0 bridgehead atoms. The molecule has 0 saturated carbocycles. The fourth-order valence-electron chi connectivity index (χ4n) is 2.00. The summed E-state index contributed by atoms with van der Waals surface area (Å²) in [6.07, 6.45) is 3.03. The van der Waals surface area contributed by atoms with Gasteiger partial charge in [0.25, 0.3) is 0 Å². The molecule has 0 aromatic heterocycles. The minimum absolute atomic E-state index is 0.0252. The third-order valence-electron chi connectivity index (χ3n) is 2.90. The molecule has 0 fully saturated rings. The second-order valence-corrected chi connectivity index (χ2v) is 3.91. The summed E-state index contributed by atoms with van der Waals surface area (Å²) in [5.41, 5.74) is 2.39. The Morgan fingerprint density at radius 1 is 1.53 bits per heavy atom. The summed E-state index contributed by atoms with van der Waals surface area (Å²) < 4.78 is 5.54. The number of fused-ring (bicyclic) bond motifs is 1. The van der Waals surface area contributed by atoms with Gasteiger partial charge in [-0.05, 0) is 36.5 Å². The zero-order chi connectivity index (χ0) is 10.7. The van der Waals surface area contributed by atoms with E-state index in [4.69, 9.17) is 10.00 Å². The molecule has 0 N–H and O–H groups in total. The molecule has 1 unspecified atom stereocenters. The molecule has 2 heteroatoms. The van der Waals surface area contributed by atoms with Crippen LogP contribution in [-0.2, 0) is 6.42 Å². The van der Waals surface area contributed by atoms with Crippen LogP contribution in [0.15, 0.2) is 18.2 Å². The Balaban J connectivity index is 2.32. The predicted molar refractivity (Wildman–Crippen MR) is 58.9 cm³/mol. The first-order valence-electron chi connectivity index (χ1n) is 5.50. The zero-order valence-corrected chi connectivity index (χ0v) is 8.99. The van der Waals surface area contributed by atoms with E-state index in [2.05, 4.69) is 12.1 Å². The van der Waals surface area contributed by atoms with Gasteiger partial charge in [-0.25, -0.2) is 0 Å². The van der Waals surface area contributed by atoms with Gasteiger partial charge in [0.15, 0.2) is 0 Å². The van der Waals surface area contributed by atoms with E-state index in [0.717, 1.165) is 37.2 Å². The zero-order valence-electron chi connectivity index (χ0n) is 8.99. The van der Waals surface area contributed by atoms with Crippen LogP contribution in [0.2, 0.25) is 0 Å². The van der Waals surface area contributed by atoms with E-state index < -0.39 is 0 Å². The number of hydrogen-bond acceptors (Lipinski definition) is 2. The van der Waals surface area contributed by atoms with Gasteiger partial charge in [0, 0.05) is 0 Å². The largest absolute Gasteiger partial charge is 0.493 e. The first-order valence-corrected chi connectivity index (χ1v) is 5.50. The summed E-state index contributed by atoms with van der Waals surface area (Å²) in [6.45, 7) is 2.87. The average Bonchev–Trinajstić information content (AvgIpc) is 2.30. The quantitative estimate of drug-likeness (QED) is 0.736. The van der Waals surface area contributed by atoms with Crippen LogP contribution in [0, 0.1) is 11.3 Å². The summed E-state index contributed by atoms with van der Waals surface area (Å²) in [6, 6.07) is 8.48. The number of nitrogens with zero attached hydrogens (tertiary/aromatic N) is 1. The Morgan fingerprint density at radius 3 is 3.13 bits per heavy atom. The molecule has 0 amide bonds. The van der Waals surface area contributed by atoms with Crippen molar-refractivity contribution in [1.29, 1.82) is 5.26 Å². The molecular weight excluding hydrogens is 186 g/mol. The molecule has 2 nitrogen and oxygen atoms in total. The highest BCUT2D eigenvalue weighted by Crippen LogP contribution is 2.29. The number of aryl methyl sites for hydroxylation is 1. The normalized spacial score (nSPS) is 16.0. The van der Waals surface area contributed by atoms with Gasteiger partial charge in [0.05, 0.1) is 18.6 Å². The summed E-state index contributed by atoms with van der Waals surface area (Å²) in [7, 11) is 0. The molecule has 1 atom stereocenters. The molecule has 0 spiro atoms. The van der Waals surface area contributed by atoms with Crippen LogP contribution in [0.25, 0.3) is 0 Å². The minimum Gasteiger partial charge on any atom is -0.493 e. The molecule has 1 aliphatic rings. The highest BCUT2D eigenvalue weighted by molar-refractivity contribution is 5.40. The van der Waals surface area contributed by atoms with Crippen LogP contribution in [0.3, 0.4) is 0 Å². The molecule has 1 heterocycles. The molecule has 0 saturated heterocycles. The maximum atomic E-state index is 9.00. The maximum Gasteiger partial charge on any atom is 0.122 e. The number of hydrogen-bond donors (Lipinski definition) is 0. The van der Waals surface area contributed by atoms with Crippen molar-refractivity contribution < 1.29 is 4.74 Å². The van der Waals surface area contributed by atoms with E-state index in [1.165, 1.54) is 5.56 Å². The first-order chi connectivity index (χ1) is 7.35. The smallest absolute Gasteiger partial charge is 0.122 e. The van der Waals surface area contributed by atoms with Crippen LogP contribution < -0.4 is 4.74 Å². The summed E-state index contributed by atoms with van der Waals surface area (Å²) >= 11 is 0. The Hall–Kier alpha value is -1.49. The Labute approximate surface area is 90.5 Å². The lowest BCUT2D eigenvalue weighted by atomic mass is 9.94. The SMILES string of the molecule is CCC(C#N)c1ccc2c(c1)CCCO2. The molecule has 15 heavy (non-hydrogen) atoms. The molecule has 1 aromatic rings. The third-order valence-corrected chi connectivity index (χ3v) is 2.90. The lowest BCUT2D eigenvalue weighted by molar-refractivity contribution is 0.288. The van der Waals surface area contributed by atoms with Crippen molar-refractivity contribution in [3.63, 3.8) is 0 Å². The molecule has 0 radical (unpaired) electrons. The third kappa shape index (κ3) is 1.97. The predicted octanol–water partition coefficient (Wildman–Crippen LogP) is 3.03. The van der Waals surface area contributed by atoms with Gasteiger partial charge < -0.3 is 4.74 Å². The number of benzene rings is 1. The number of ether oxygens (including phenoxy) is 1. The van der Waals surface area contributed by atoms with Crippen molar-refractivity contribution in [2.24, 2.45) is 0 Å². The van der Waals surface area contributed by atoms with Crippen molar-refractivity contribution >= 4 is 0 Å². The van der Waals surface area contributed by atoms with Crippen molar-refractivity contribution in [2.45, 2.75) is 32.1 Å². The van der Waals surface area contributed by atoms with Gasteiger partial charge in [-0.3, -0.25) is 0 Å². The van der Waals surface area contributed by atoms with Crippen LogP contribution in [0.5, 0.6) is 5.75 Å². The summed E-state index contributed by atoms with van der Waals surface area (Å²) in [5, 5.41) is 9.00. The fraction of sp³-hybridized carbons (Fsp3) is 0.462. The van der Waals surface area contributed by atoms with E-state index in [-0.39, 0.29) is 5.92 Å². The van der Waals surface area contributed by atoms with Crippen molar-refractivity contribution in [2.75, 3.05) is 6.61 Å². The van der Waals surface area contributed by atoms with Gasteiger partial charge >= 0.3 is 0 Å². The second kappa shape index (κ2) is 4.35. The molecule has 78 valence electrons. The van der Waals surface area contributed by atoms with Gasteiger partial charge in [-0.2, -0.15) is 5.26 Å². The van der Waals surface area contributed by atoms with E-state index in [0.29, 0.717) is 0 Å². The van der Waals surface area contributed by atoms with E-state index in [9.17, 15) is 0 Å². The Morgan fingerprint density at radius 2 is 2.40 bits per heavy atom. The van der Waals surface area contributed by atoms with Crippen LogP contribution in [0.1, 0.15) is 36.8 Å². The lowest BCUT2D eigenvalue weighted by Crippen LogP contribution is -2.09. The van der Waals surface area contributed by atoms with Crippen LogP contribution in [-0.4, -0.2) is 6.61 Å². The Bertz CT molecular complexity index is 392. The summed E-state index contributed by atoms with van der Waals surface area (Å²) in [5.74, 6) is 1.02. The number of nitriles is 1. The van der Waals surface area contributed by atoms with Crippen LogP contribution >= 0.6 is 0 Å². The second-order valence-electron chi connectivity index (χ2n) is 3.91. The van der Waals surface area contributed by atoms with Gasteiger partial charge in [0.1, 0.15) is 5.75 Å². The van der Waals surface area contributed by atoms with Gasteiger partial charge in [0.2, 0.25) is 0 Å². The van der Waals surface area contributed by atoms with Crippen LogP contribution in [0.4, 0.5) is 0 Å². The maximum absolute atomic E-state index is 9.00. The highest BCUT2D eigenvalue weighted by atomic mass is 16.5.